The first-order valence-electron chi connectivity index (χ1n) is 7.15. The normalized spacial score (nSPS) is 24.2. The molecule has 20 heavy (non-hydrogen) atoms. The zero-order chi connectivity index (χ0) is 14.2. The minimum atomic E-state index is -0.497. The van der Waals surface area contributed by atoms with Crippen molar-refractivity contribution in [1.82, 2.24) is 0 Å². The number of rotatable bonds is 3. The van der Waals surface area contributed by atoms with Gasteiger partial charge in [-0.25, -0.2) is 4.39 Å². The highest BCUT2D eigenvalue weighted by Gasteiger charge is 2.44. The lowest BCUT2D eigenvalue weighted by atomic mass is 9.70. The number of halogens is 1. The largest absolute Gasteiger partial charge is 0.497 e. The van der Waals surface area contributed by atoms with Crippen LogP contribution < -0.4 is 4.74 Å². The zero-order valence-corrected chi connectivity index (χ0v) is 11.7. The van der Waals surface area contributed by atoms with Gasteiger partial charge in [0.05, 0.1) is 18.3 Å². The summed E-state index contributed by atoms with van der Waals surface area (Å²) in [6.45, 7) is 0.605. The Bertz CT molecular complexity index is 522. The third kappa shape index (κ3) is 2.33. The van der Waals surface area contributed by atoms with E-state index in [-0.39, 0.29) is 22.9 Å². The molecule has 1 aliphatic heterocycles. The molecular weight excluding hydrogens is 259 g/mol. The summed E-state index contributed by atoms with van der Waals surface area (Å²) in [4.78, 5) is 12.5. The first-order valence-corrected chi connectivity index (χ1v) is 7.15. The molecule has 3 nitrogen and oxygen atoms in total. The van der Waals surface area contributed by atoms with Crippen molar-refractivity contribution in [1.29, 1.82) is 0 Å². The minimum Gasteiger partial charge on any atom is -0.497 e. The topological polar surface area (TPSA) is 35.5 Å². The number of methoxy groups -OCH3 is 1. The van der Waals surface area contributed by atoms with Crippen molar-refractivity contribution in [3.05, 3.63) is 29.6 Å². The highest BCUT2D eigenvalue weighted by atomic mass is 19.1. The molecule has 1 aromatic carbocycles. The van der Waals surface area contributed by atoms with Gasteiger partial charge in [-0.1, -0.05) is 0 Å². The molecule has 0 radical (unpaired) electrons. The SMILES string of the molecule is COc1ccc(C(=O)C2CCOC3(CCC3)C2)c(F)c1. The molecule has 2 fully saturated rings. The molecule has 0 bridgehead atoms. The van der Waals surface area contributed by atoms with Crippen LogP contribution >= 0.6 is 0 Å². The summed E-state index contributed by atoms with van der Waals surface area (Å²) in [5.74, 6) is -0.281. The number of carbonyl (C=O) groups excluding carboxylic acids is 1. The summed E-state index contributed by atoms with van der Waals surface area (Å²) < 4.78 is 24.8. The van der Waals surface area contributed by atoms with Crippen LogP contribution in [0.2, 0.25) is 0 Å². The fourth-order valence-corrected chi connectivity index (χ4v) is 3.21. The summed E-state index contributed by atoms with van der Waals surface area (Å²) >= 11 is 0. The number of ketones is 1. The van der Waals surface area contributed by atoms with Gasteiger partial charge < -0.3 is 9.47 Å². The van der Waals surface area contributed by atoms with Crippen molar-refractivity contribution < 1.29 is 18.7 Å². The van der Waals surface area contributed by atoms with Crippen LogP contribution in [0.25, 0.3) is 0 Å². The van der Waals surface area contributed by atoms with Crippen LogP contribution in [0, 0.1) is 11.7 Å². The minimum absolute atomic E-state index is 0.0957. The molecule has 1 unspecified atom stereocenters. The Morgan fingerprint density at radius 2 is 2.25 bits per heavy atom. The molecule has 3 rings (SSSR count). The third-order valence-corrected chi connectivity index (χ3v) is 4.57. The van der Waals surface area contributed by atoms with Gasteiger partial charge in [-0.2, -0.15) is 0 Å². The van der Waals surface area contributed by atoms with Gasteiger partial charge in [0.1, 0.15) is 11.6 Å². The number of hydrogen-bond acceptors (Lipinski definition) is 3. The van der Waals surface area contributed by atoms with Crippen molar-refractivity contribution in [2.45, 2.75) is 37.7 Å². The summed E-state index contributed by atoms with van der Waals surface area (Å²) in [5.41, 5.74) is 0.0776. The first kappa shape index (κ1) is 13.6. The number of hydrogen-bond donors (Lipinski definition) is 0. The Morgan fingerprint density at radius 3 is 2.85 bits per heavy atom. The van der Waals surface area contributed by atoms with E-state index in [0.717, 1.165) is 25.7 Å². The Morgan fingerprint density at radius 1 is 1.45 bits per heavy atom. The van der Waals surface area contributed by atoms with Gasteiger partial charge in [0.15, 0.2) is 5.78 Å². The zero-order valence-electron chi connectivity index (χ0n) is 11.7. The lowest BCUT2D eigenvalue weighted by Crippen LogP contribution is -2.47. The Kier molecular flexibility index (Phi) is 3.50. The summed E-state index contributed by atoms with van der Waals surface area (Å²) in [6, 6.07) is 4.43. The van der Waals surface area contributed by atoms with E-state index in [1.807, 2.05) is 0 Å². The monoisotopic (exact) mass is 278 g/mol. The van der Waals surface area contributed by atoms with Crippen LogP contribution in [0.1, 0.15) is 42.5 Å². The summed E-state index contributed by atoms with van der Waals surface area (Å²) in [7, 11) is 1.48. The molecular formula is C16H19FO3. The maximum absolute atomic E-state index is 14.0. The van der Waals surface area contributed by atoms with Crippen molar-refractivity contribution in [2.24, 2.45) is 5.92 Å². The second kappa shape index (κ2) is 5.17. The van der Waals surface area contributed by atoms with Crippen molar-refractivity contribution in [3.8, 4) is 5.75 Å². The third-order valence-electron chi connectivity index (χ3n) is 4.57. The number of ether oxygens (including phenoxy) is 2. The molecule has 1 aromatic rings. The maximum Gasteiger partial charge on any atom is 0.169 e. The van der Waals surface area contributed by atoms with E-state index in [4.69, 9.17) is 9.47 Å². The standard InChI is InChI=1S/C16H19FO3/c1-19-12-3-4-13(14(17)9-12)15(18)11-5-8-20-16(10-11)6-2-7-16/h3-4,9,11H,2,5-8,10H2,1H3. The highest BCUT2D eigenvalue weighted by Crippen LogP contribution is 2.45. The number of Topliss-reactive ketones (excluding diaryl/α,β-unsaturated/α-hetero) is 1. The fourth-order valence-electron chi connectivity index (χ4n) is 3.21. The molecule has 0 aromatic heterocycles. The Labute approximate surface area is 118 Å². The van der Waals surface area contributed by atoms with E-state index in [0.29, 0.717) is 18.8 Å². The van der Waals surface area contributed by atoms with Crippen molar-refractivity contribution in [3.63, 3.8) is 0 Å². The number of benzene rings is 1. The van der Waals surface area contributed by atoms with Gasteiger partial charge in [-0.15, -0.1) is 0 Å². The Hall–Kier alpha value is -1.42. The van der Waals surface area contributed by atoms with Gasteiger partial charge in [0, 0.05) is 18.6 Å². The van der Waals surface area contributed by atoms with E-state index >= 15 is 0 Å². The molecule has 1 heterocycles. The molecule has 108 valence electrons. The Balaban J connectivity index is 1.78. The number of carbonyl (C=O) groups is 1. The molecule has 1 spiro atoms. The molecule has 0 N–H and O–H groups in total. The van der Waals surface area contributed by atoms with Crippen LogP contribution in [0.5, 0.6) is 5.75 Å². The van der Waals surface area contributed by atoms with Crippen LogP contribution in [0.4, 0.5) is 4.39 Å². The molecule has 1 atom stereocenters. The van der Waals surface area contributed by atoms with E-state index in [1.165, 1.54) is 19.2 Å². The highest BCUT2D eigenvalue weighted by molar-refractivity contribution is 5.98. The average Bonchev–Trinajstić information content (AvgIpc) is 2.45. The van der Waals surface area contributed by atoms with Gasteiger partial charge >= 0.3 is 0 Å². The lowest BCUT2D eigenvalue weighted by molar-refractivity contribution is -0.137. The molecule has 0 amide bonds. The maximum atomic E-state index is 14.0. The van der Waals surface area contributed by atoms with Gasteiger partial charge in [0.25, 0.3) is 0 Å². The average molecular weight is 278 g/mol. The lowest BCUT2D eigenvalue weighted by Gasteiger charge is -2.46. The van der Waals surface area contributed by atoms with Gasteiger partial charge in [0.2, 0.25) is 0 Å². The van der Waals surface area contributed by atoms with E-state index in [9.17, 15) is 9.18 Å². The van der Waals surface area contributed by atoms with Crippen LogP contribution in [-0.4, -0.2) is 25.1 Å². The van der Waals surface area contributed by atoms with E-state index in [2.05, 4.69) is 0 Å². The van der Waals surface area contributed by atoms with Crippen LogP contribution in [-0.2, 0) is 4.74 Å². The molecule has 4 heteroatoms. The fraction of sp³-hybridized carbons (Fsp3) is 0.562. The van der Waals surface area contributed by atoms with Crippen molar-refractivity contribution in [2.75, 3.05) is 13.7 Å². The van der Waals surface area contributed by atoms with Crippen LogP contribution in [0.3, 0.4) is 0 Å². The summed E-state index contributed by atoms with van der Waals surface area (Å²) in [6.07, 6.45) is 4.64. The van der Waals surface area contributed by atoms with Gasteiger partial charge in [-0.05, 0) is 44.2 Å². The van der Waals surface area contributed by atoms with Crippen molar-refractivity contribution >= 4 is 5.78 Å². The smallest absolute Gasteiger partial charge is 0.169 e. The van der Waals surface area contributed by atoms with Gasteiger partial charge in [-0.3, -0.25) is 4.79 Å². The molecule has 1 saturated carbocycles. The molecule has 1 aliphatic carbocycles. The summed E-state index contributed by atoms with van der Waals surface area (Å²) in [5, 5.41) is 0. The first-order chi connectivity index (χ1) is 9.63. The predicted octanol–water partition coefficient (Wildman–Crippen LogP) is 3.37. The second-order valence-electron chi connectivity index (χ2n) is 5.78. The molecule has 2 aliphatic rings. The van der Waals surface area contributed by atoms with E-state index < -0.39 is 5.82 Å². The quantitative estimate of drug-likeness (QED) is 0.795. The molecule has 1 saturated heterocycles. The predicted molar refractivity (Wildman–Crippen MR) is 72.5 cm³/mol. The van der Waals surface area contributed by atoms with Crippen LogP contribution in [0.15, 0.2) is 18.2 Å². The second-order valence-corrected chi connectivity index (χ2v) is 5.78. The van der Waals surface area contributed by atoms with E-state index in [1.54, 1.807) is 6.07 Å².